The first kappa shape index (κ1) is 31.6. The number of fused-ring (bicyclic) bond motifs is 8. The fraction of sp³-hybridized carbons (Fsp3) is 0. The Balaban J connectivity index is 1.06. The van der Waals surface area contributed by atoms with Gasteiger partial charge in [-0.25, -0.2) is 0 Å². The Morgan fingerprint density at radius 3 is 1.76 bits per heavy atom. The zero-order valence-electron chi connectivity index (χ0n) is 29.9. The Hall–Kier alpha value is -6.94. The van der Waals surface area contributed by atoms with Crippen molar-refractivity contribution in [2.45, 2.75) is 0 Å². The topological polar surface area (TPSA) is 8.17 Å². The Labute approximate surface area is 323 Å². The van der Waals surface area contributed by atoms with Crippen molar-refractivity contribution in [3.63, 3.8) is 0 Å². The van der Waals surface area contributed by atoms with Crippen LogP contribution in [0.4, 0.5) is 17.1 Å². The summed E-state index contributed by atoms with van der Waals surface area (Å²) in [5.74, 6) is 0. The molecule has 0 bridgehead atoms. The molecule has 11 aromatic rings. The molecule has 0 amide bonds. The second kappa shape index (κ2) is 12.9. The normalized spacial score (nSPS) is 11.6. The molecule has 0 N–H and O–H groups in total. The fourth-order valence-corrected chi connectivity index (χ4v) is 9.50. The maximum Gasteiger partial charge on any atom is 0.0547 e. The molecule has 0 aliphatic heterocycles. The summed E-state index contributed by atoms with van der Waals surface area (Å²) in [4.78, 5) is 2.41. The van der Waals surface area contributed by atoms with Gasteiger partial charge < -0.3 is 9.47 Å². The van der Waals surface area contributed by atoms with E-state index in [2.05, 4.69) is 216 Å². The van der Waals surface area contributed by atoms with Crippen LogP contribution in [0.1, 0.15) is 0 Å². The molecule has 0 unspecified atom stereocenters. The van der Waals surface area contributed by atoms with E-state index >= 15 is 0 Å². The molecule has 0 aliphatic rings. The second-order valence-corrected chi connectivity index (χ2v) is 15.2. The van der Waals surface area contributed by atoms with Crippen LogP contribution in [0.3, 0.4) is 0 Å². The molecule has 2 heterocycles. The van der Waals surface area contributed by atoms with Crippen LogP contribution in [0.2, 0.25) is 0 Å². The molecule has 0 saturated carbocycles. The number of hydrogen-bond acceptors (Lipinski definition) is 2. The summed E-state index contributed by atoms with van der Waals surface area (Å²) in [5, 5.41) is 7.64. The molecule has 0 saturated heterocycles. The lowest BCUT2D eigenvalue weighted by Gasteiger charge is -2.27. The van der Waals surface area contributed by atoms with Gasteiger partial charge in [0, 0.05) is 53.7 Å². The monoisotopic (exact) mass is 718 g/mol. The number of hydrogen-bond donors (Lipinski definition) is 0. The summed E-state index contributed by atoms with van der Waals surface area (Å²) in [6, 6.07) is 75.2. The molecule has 0 spiro atoms. The molecule has 0 aliphatic carbocycles. The van der Waals surface area contributed by atoms with Gasteiger partial charge in [0.05, 0.1) is 11.0 Å². The Kier molecular flexibility index (Phi) is 7.39. The van der Waals surface area contributed by atoms with Crippen molar-refractivity contribution in [2.24, 2.45) is 0 Å². The van der Waals surface area contributed by atoms with Crippen LogP contribution < -0.4 is 4.90 Å². The number of aromatic nitrogens is 1. The average Bonchev–Trinajstić information content (AvgIpc) is 3.80. The van der Waals surface area contributed by atoms with Crippen molar-refractivity contribution in [3.05, 3.63) is 206 Å². The van der Waals surface area contributed by atoms with Crippen molar-refractivity contribution < 1.29 is 0 Å². The van der Waals surface area contributed by atoms with E-state index in [1.807, 2.05) is 11.3 Å². The Morgan fingerprint density at radius 2 is 0.964 bits per heavy atom. The van der Waals surface area contributed by atoms with Crippen LogP contribution in [-0.4, -0.2) is 4.57 Å². The number of nitrogens with zero attached hydrogens (tertiary/aromatic N) is 2. The SMILES string of the molecule is c1ccc(-c2cccc(N(c3cccc(-c4ccc5c(ccc6c5c5ccccc5n6-c5ccccc5)c4)c3)c3ccc4sc5ccccc5c4c3)c2)cc1. The number of anilines is 3. The molecule has 258 valence electrons. The molecule has 3 heteroatoms. The van der Waals surface area contributed by atoms with Crippen LogP contribution in [0.25, 0.3) is 80.7 Å². The third kappa shape index (κ3) is 5.32. The lowest BCUT2D eigenvalue weighted by Crippen LogP contribution is -2.10. The van der Waals surface area contributed by atoms with Gasteiger partial charge in [0.2, 0.25) is 0 Å². The lowest BCUT2D eigenvalue weighted by molar-refractivity contribution is 1.18. The first-order valence-corrected chi connectivity index (χ1v) is 19.6. The van der Waals surface area contributed by atoms with Gasteiger partial charge in [0.25, 0.3) is 0 Å². The van der Waals surface area contributed by atoms with Gasteiger partial charge in [-0.15, -0.1) is 11.3 Å². The van der Waals surface area contributed by atoms with Crippen LogP contribution >= 0.6 is 11.3 Å². The van der Waals surface area contributed by atoms with Gasteiger partial charge in [-0.2, -0.15) is 0 Å². The summed E-state index contributed by atoms with van der Waals surface area (Å²) in [5.41, 5.74) is 11.7. The van der Waals surface area contributed by atoms with E-state index < -0.39 is 0 Å². The van der Waals surface area contributed by atoms with E-state index in [4.69, 9.17) is 0 Å². The second-order valence-electron chi connectivity index (χ2n) is 14.2. The molecule has 0 radical (unpaired) electrons. The molecular weight excluding hydrogens is 685 g/mol. The van der Waals surface area contributed by atoms with Gasteiger partial charge in [0.1, 0.15) is 0 Å². The van der Waals surface area contributed by atoms with Gasteiger partial charge >= 0.3 is 0 Å². The van der Waals surface area contributed by atoms with Crippen molar-refractivity contribution >= 4 is 81.1 Å². The highest BCUT2D eigenvalue weighted by Gasteiger charge is 2.18. The minimum absolute atomic E-state index is 1.11. The minimum Gasteiger partial charge on any atom is -0.310 e. The highest BCUT2D eigenvalue weighted by atomic mass is 32.1. The van der Waals surface area contributed by atoms with Crippen molar-refractivity contribution in [1.29, 1.82) is 0 Å². The predicted octanol–water partition coefficient (Wildman–Crippen LogP) is 15.1. The predicted molar refractivity (Wildman–Crippen MR) is 237 cm³/mol. The zero-order chi connectivity index (χ0) is 36.3. The summed E-state index contributed by atoms with van der Waals surface area (Å²) in [7, 11) is 0. The first-order chi connectivity index (χ1) is 27.3. The minimum atomic E-state index is 1.11. The lowest BCUT2D eigenvalue weighted by atomic mass is 9.97. The molecule has 2 aromatic heterocycles. The smallest absolute Gasteiger partial charge is 0.0547 e. The van der Waals surface area contributed by atoms with E-state index in [1.165, 1.54) is 80.7 Å². The molecular formula is C52H34N2S. The third-order valence-electron chi connectivity index (χ3n) is 10.9. The maximum atomic E-state index is 2.41. The Bertz CT molecular complexity index is 3210. The summed E-state index contributed by atoms with van der Waals surface area (Å²) in [6.45, 7) is 0. The summed E-state index contributed by atoms with van der Waals surface area (Å²) < 4.78 is 5.00. The molecule has 0 fully saturated rings. The highest BCUT2D eigenvalue weighted by molar-refractivity contribution is 7.25. The van der Waals surface area contributed by atoms with Crippen molar-refractivity contribution in [3.8, 4) is 27.9 Å². The molecule has 55 heavy (non-hydrogen) atoms. The van der Waals surface area contributed by atoms with Crippen LogP contribution in [0, 0.1) is 0 Å². The molecule has 9 aromatic carbocycles. The van der Waals surface area contributed by atoms with E-state index in [-0.39, 0.29) is 0 Å². The number of rotatable bonds is 6. The highest BCUT2D eigenvalue weighted by Crippen LogP contribution is 2.43. The molecule has 2 nitrogen and oxygen atoms in total. The van der Waals surface area contributed by atoms with E-state index in [1.54, 1.807) is 0 Å². The Morgan fingerprint density at radius 1 is 0.345 bits per heavy atom. The van der Waals surface area contributed by atoms with E-state index in [0.717, 1.165) is 17.1 Å². The third-order valence-corrected chi connectivity index (χ3v) is 12.1. The first-order valence-electron chi connectivity index (χ1n) is 18.8. The van der Waals surface area contributed by atoms with Gasteiger partial charge in [-0.05, 0) is 112 Å². The van der Waals surface area contributed by atoms with Crippen LogP contribution in [0.15, 0.2) is 206 Å². The van der Waals surface area contributed by atoms with Gasteiger partial charge in [-0.1, -0.05) is 127 Å². The maximum absolute atomic E-state index is 2.41. The van der Waals surface area contributed by atoms with Crippen molar-refractivity contribution in [2.75, 3.05) is 4.90 Å². The van der Waals surface area contributed by atoms with Crippen LogP contribution in [0.5, 0.6) is 0 Å². The molecule has 11 rings (SSSR count). The van der Waals surface area contributed by atoms with E-state index in [9.17, 15) is 0 Å². The van der Waals surface area contributed by atoms with E-state index in [0.29, 0.717) is 0 Å². The molecule has 0 atom stereocenters. The van der Waals surface area contributed by atoms with Gasteiger partial charge in [-0.3, -0.25) is 0 Å². The fourth-order valence-electron chi connectivity index (χ4n) is 8.41. The summed E-state index contributed by atoms with van der Waals surface area (Å²) in [6.07, 6.45) is 0. The largest absolute Gasteiger partial charge is 0.310 e. The summed E-state index contributed by atoms with van der Waals surface area (Å²) >= 11 is 1.86. The number of para-hydroxylation sites is 2. The average molecular weight is 719 g/mol. The van der Waals surface area contributed by atoms with Gasteiger partial charge in [0.15, 0.2) is 0 Å². The van der Waals surface area contributed by atoms with Crippen LogP contribution in [-0.2, 0) is 0 Å². The van der Waals surface area contributed by atoms with Crippen molar-refractivity contribution in [1.82, 2.24) is 4.57 Å². The number of benzene rings is 9. The number of thiophene rings is 1. The standard InChI is InChI=1S/C52H34N2S/c1-3-13-35(14-4-1)36-15-11-19-41(32-36)53(43-27-30-51-47(34-43)45-21-8-10-24-50(45)55-51)42-20-12-16-37(33-42)38-25-28-44-39(31-38)26-29-49-52(44)46-22-7-9-23-48(46)54(49)40-17-5-2-6-18-40/h1-34H. The quantitative estimate of drug-likeness (QED) is 0.166. The zero-order valence-corrected chi connectivity index (χ0v) is 30.7.